The zero-order valence-electron chi connectivity index (χ0n) is 35.2. The summed E-state index contributed by atoms with van der Waals surface area (Å²) in [6.45, 7) is 3.97. The van der Waals surface area contributed by atoms with Crippen LogP contribution in [-0.2, 0) is 19.1 Å². The van der Waals surface area contributed by atoms with Crippen LogP contribution in [0.15, 0.2) is 72.9 Å². The monoisotopic (exact) mass is 753 g/mol. The highest BCUT2D eigenvalue weighted by atomic mass is 16.6. The fourth-order valence-corrected chi connectivity index (χ4v) is 6.17. The van der Waals surface area contributed by atoms with Crippen molar-refractivity contribution < 1.29 is 24.2 Å². The average Bonchev–Trinajstić information content (AvgIpc) is 3.17. The van der Waals surface area contributed by atoms with Crippen molar-refractivity contribution in [3.8, 4) is 0 Å². The van der Waals surface area contributed by atoms with Gasteiger partial charge in [-0.05, 0) is 51.4 Å². The van der Waals surface area contributed by atoms with Crippen LogP contribution < -0.4 is 0 Å². The topological polar surface area (TPSA) is 72.8 Å². The van der Waals surface area contributed by atoms with Gasteiger partial charge in [0.15, 0.2) is 6.10 Å². The first-order valence-electron chi connectivity index (χ1n) is 22.5. The van der Waals surface area contributed by atoms with E-state index < -0.39 is 6.10 Å². The van der Waals surface area contributed by atoms with Crippen LogP contribution in [0.4, 0.5) is 0 Å². The van der Waals surface area contributed by atoms with E-state index in [4.69, 9.17) is 9.47 Å². The second kappa shape index (κ2) is 44.7. The second-order valence-corrected chi connectivity index (χ2v) is 14.8. The van der Waals surface area contributed by atoms with Crippen molar-refractivity contribution in [3.63, 3.8) is 0 Å². The quantitative estimate of drug-likeness (QED) is 0.0383. The molecule has 310 valence electrons. The first-order chi connectivity index (χ1) is 26.6. The third-order valence-corrected chi connectivity index (χ3v) is 9.53. The predicted molar refractivity (Wildman–Crippen MR) is 233 cm³/mol. The van der Waals surface area contributed by atoms with Gasteiger partial charge in [0.25, 0.3) is 0 Å². The molecule has 0 aliphatic rings. The highest BCUT2D eigenvalue weighted by Gasteiger charge is 2.15. The largest absolute Gasteiger partial charge is 0.462 e. The van der Waals surface area contributed by atoms with Gasteiger partial charge in [-0.1, -0.05) is 215 Å². The van der Waals surface area contributed by atoms with Crippen LogP contribution >= 0.6 is 0 Å². The van der Waals surface area contributed by atoms with Crippen LogP contribution in [-0.4, -0.2) is 36.4 Å². The third kappa shape index (κ3) is 42.1. The molecule has 1 atom stereocenters. The molecule has 0 aromatic rings. The highest BCUT2D eigenvalue weighted by molar-refractivity contribution is 5.70. The van der Waals surface area contributed by atoms with E-state index in [1.807, 2.05) is 12.2 Å². The number of hydrogen-bond acceptors (Lipinski definition) is 5. The number of unbranched alkanes of at least 4 members (excludes halogenated alkanes) is 20. The standard InChI is InChI=1S/C49H84O5/c1-3-5-7-9-11-13-15-17-19-21-23-24-26-28-30-32-34-36-38-40-42-44-49(52)54-47(45-50)46-53-48(51)43-41-39-37-35-33-31-29-27-25-22-20-18-16-14-12-10-8-6-4-2/h6,8,12,14,18,20,25,27,31,33,37,39,47,50H,3-5,7,9-11,13,15-17,19,21-24,26,28-30,32,34-36,38,40-46H2,1-2H3/b8-6-,14-12-,20-18-,27-25-,33-31-,39-37-/t47-/m0/s1. The van der Waals surface area contributed by atoms with Gasteiger partial charge < -0.3 is 14.6 Å². The van der Waals surface area contributed by atoms with Gasteiger partial charge in [0.2, 0.25) is 0 Å². The van der Waals surface area contributed by atoms with E-state index in [0.29, 0.717) is 12.8 Å². The summed E-state index contributed by atoms with van der Waals surface area (Å²) in [7, 11) is 0. The molecule has 0 rings (SSSR count). The third-order valence-electron chi connectivity index (χ3n) is 9.53. The number of allylic oxidation sites excluding steroid dienone is 12. The number of aliphatic hydroxyl groups is 1. The van der Waals surface area contributed by atoms with E-state index in [9.17, 15) is 14.7 Å². The van der Waals surface area contributed by atoms with Crippen molar-refractivity contribution in [1.82, 2.24) is 0 Å². The molecule has 0 heterocycles. The number of rotatable bonds is 40. The molecule has 0 fully saturated rings. The number of carbonyl (C=O) groups excluding carboxylic acids is 2. The van der Waals surface area contributed by atoms with Crippen LogP contribution in [0.3, 0.4) is 0 Å². The van der Waals surface area contributed by atoms with E-state index in [0.717, 1.165) is 57.8 Å². The first kappa shape index (κ1) is 51.3. The molecule has 0 spiro atoms. The predicted octanol–water partition coefficient (Wildman–Crippen LogP) is 14.5. The number of esters is 2. The first-order valence-corrected chi connectivity index (χ1v) is 22.5. The van der Waals surface area contributed by atoms with E-state index in [1.165, 1.54) is 116 Å². The van der Waals surface area contributed by atoms with Crippen molar-refractivity contribution in [2.45, 2.75) is 213 Å². The van der Waals surface area contributed by atoms with Crippen LogP contribution in [0.5, 0.6) is 0 Å². The van der Waals surface area contributed by atoms with Gasteiger partial charge in [-0.3, -0.25) is 9.59 Å². The average molecular weight is 753 g/mol. The SMILES string of the molecule is CC/C=C\C/C=C\C/C=C\C/C=C\C/C=C\C/C=C\CCC(=O)OC[C@H](CO)OC(=O)CCCCCCCCCCCCCCCCCCCCCCC. The Kier molecular flexibility index (Phi) is 42.5. The zero-order chi connectivity index (χ0) is 39.3. The lowest BCUT2D eigenvalue weighted by atomic mass is 10.0. The Morgan fingerprint density at radius 2 is 0.796 bits per heavy atom. The number of carbonyl (C=O) groups is 2. The lowest BCUT2D eigenvalue weighted by Crippen LogP contribution is -2.28. The lowest BCUT2D eigenvalue weighted by Gasteiger charge is -2.15. The summed E-state index contributed by atoms with van der Waals surface area (Å²) in [4.78, 5) is 24.3. The van der Waals surface area contributed by atoms with Gasteiger partial charge in [0.05, 0.1) is 6.61 Å². The van der Waals surface area contributed by atoms with Crippen LogP contribution in [0.2, 0.25) is 0 Å². The van der Waals surface area contributed by atoms with Gasteiger partial charge in [0.1, 0.15) is 6.61 Å². The minimum atomic E-state index is -0.803. The Bertz CT molecular complexity index is 988. The van der Waals surface area contributed by atoms with Crippen molar-refractivity contribution in [2.24, 2.45) is 0 Å². The number of ether oxygens (including phenoxy) is 2. The molecule has 0 unspecified atom stereocenters. The molecule has 0 amide bonds. The Morgan fingerprint density at radius 3 is 1.17 bits per heavy atom. The van der Waals surface area contributed by atoms with Crippen molar-refractivity contribution in [1.29, 1.82) is 0 Å². The molecule has 5 nitrogen and oxygen atoms in total. The summed E-state index contributed by atoms with van der Waals surface area (Å²) in [6, 6.07) is 0. The molecular weight excluding hydrogens is 669 g/mol. The zero-order valence-corrected chi connectivity index (χ0v) is 35.2. The molecule has 0 aromatic carbocycles. The molecule has 0 bridgehead atoms. The summed E-state index contributed by atoms with van der Waals surface area (Å²) in [6.07, 6.45) is 59.9. The van der Waals surface area contributed by atoms with Gasteiger partial charge in [-0.25, -0.2) is 0 Å². The molecule has 0 aliphatic heterocycles. The van der Waals surface area contributed by atoms with Gasteiger partial charge >= 0.3 is 11.9 Å². The van der Waals surface area contributed by atoms with E-state index in [1.54, 1.807) is 0 Å². The van der Waals surface area contributed by atoms with Gasteiger partial charge in [-0.2, -0.15) is 0 Å². The Morgan fingerprint density at radius 1 is 0.444 bits per heavy atom. The molecule has 0 radical (unpaired) electrons. The molecule has 5 heteroatoms. The van der Waals surface area contributed by atoms with E-state index >= 15 is 0 Å². The highest BCUT2D eigenvalue weighted by Crippen LogP contribution is 2.15. The summed E-state index contributed by atoms with van der Waals surface area (Å²) in [5.41, 5.74) is 0. The lowest BCUT2D eigenvalue weighted by molar-refractivity contribution is -0.161. The smallest absolute Gasteiger partial charge is 0.306 e. The maximum absolute atomic E-state index is 12.2. The normalized spacial score (nSPS) is 12.9. The number of hydrogen-bond donors (Lipinski definition) is 1. The van der Waals surface area contributed by atoms with Crippen LogP contribution in [0.1, 0.15) is 206 Å². The maximum atomic E-state index is 12.2. The molecule has 0 saturated heterocycles. The fraction of sp³-hybridized carbons (Fsp3) is 0.714. The fourth-order valence-electron chi connectivity index (χ4n) is 6.17. The van der Waals surface area contributed by atoms with Gasteiger partial charge in [-0.15, -0.1) is 0 Å². The molecule has 0 aliphatic carbocycles. The maximum Gasteiger partial charge on any atom is 0.306 e. The molecule has 0 aromatic heterocycles. The Balaban J connectivity index is 3.62. The summed E-state index contributed by atoms with van der Waals surface area (Å²) >= 11 is 0. The van der Waals surface area contributed by atoms with E-state index in [2.05, 4.69) is 74.6 Å². The van der Waals surface area contributed by atoms with Crippen molar-refractivity contribution in [2.75, 3.05) is 13.2 Å². The Labute approximate surface area is 333 Å². The minimum absolute atomic E-state index is 0.107. The van der Waals surface area contributed by atoms with Crippen molar-refractivity contribution in [3.05, 3.63) is 72.9 Å². The minimum Gasteiger partial charge on any atom is -0.462 e. The van der Waals surface area contributed by atoms with Crippen LogP contribution in [0, 0.1) is 0 Å². The van der Waals surface area contributed by atoms with Crippen molar-refractivity contribution >= 4 is 11.9 Å². The molecule has 1 N–H and O–H groups in total. The van der Waals surface area contributed by atoms with Gasteiger partial charge in [0, 0.05) is 12.8 Å². The van der Waals surface area contributed by atoms with E-state index in [-0.39, 0.29) is 31.6 Å². The summed E-state index contributed by atoms with van der Waals surface area (Å²) in [5.74, 6) is -0.686. The van der Waals surface area contributed by atoms with Crippen LogP contribution in [0.25, 0.3) is 0 Å². The molecular formula is C49H84O5. The summed E-state index contributed by atoms with van der Waals surface area (Å²) in [5, 5.41) is 9.58. The second-order valence-electron chi connectivity index (χ2n) is 14.8. The summed E-state index contributed by atoms with van der Waals surface area (Å²) < 4.78 is 10.6. The number of aliphatic hydroxyl groups excluding tert-OH is 1. The molecule has 0 saturated carbocycles. The molecule has 54 heavy (non-hydrogen) atoms. The Hall–Kier alpha value is -2.66.